The Kier molecular flexibility index (Phi) is 50.7. The van der Waals surface area contributed by atoms with Crippen LogP contribution in [-0.2, 0) is 19.5 Å². The predicted octanol–water partition coefficient (Wildman–Crippen LogP) is 2.24. The van der Waals surface area contributed by atoms with Crippen molar-refractivity contribution < 1.29 is 19.5 Å². The van der Waals surface area contributed by atoms with Crippen molar-refractivity contribution in [1.29, 1.82) is 0 Å². The van der Waals surface area contributed by atoms with Crippen molar-refractivity contribution in [3.63, 3.8) is 0 Å². The van der Waals surface area contributed by atoms with Gasteiger partial charge in [-0.2, -0.15) is 20.0 Å². The molecule has 0 rings (SSSR count). The summed E-state index contributed by atoms with van der Waals surface area (Å²) >= 11 is 0. The van der Waals surface area contributed by atoms with Gasteiger partial charge in [-0.25, -0.2) is 0 Å². The van der Waals surface area contributed by atoms with Crippen LogP contribution < -0.4 is 0 Å². The fourth-order valence-corrected chi connectivity index (χ4v) is 0.224. The molecule has 0 heterocycles. The quantitative estimate of drug-likeness (QED) is 0.441. The van der Waals surface area contributed by atoms with E-state index >= 15 is 0 Å². The van der Waals surface area contributed by atoms with Crippen LogP contribution in [0.3, 0.4) is 0 Å². The summed E-state index contributed by atoms with van der Waals surface area (Å²) in [5.41, 5.74) is 0. The minimum absolute atomic E-state index is 0. The summed E-state index contributed by atoms with van der Waals surface area (Å²) in [7, 11) is 0. The molecule has 0 unspecified atom stereocenters. The zero-order valence-electron chi connectivity index (χ0n) is 6.28. The average Bonchev–Trinajstić information content (AvgIpc) is 1.75. The standard InChI is InChI=1S/C4H10N.C2H5.Zn/c1-3-5-4-2;1-2;/h3-4H2,1-2H3;1H2,2H3;/q2*-1;+2. The fourth-order valence-electron chi connectivity index (χ4n) is 0.224. The molecule has 0 aromatic carbocycles. The summed E-state index contributed by atoms with van der Waals surface area (Å²) in [6.07, 6.45) is 0. The van der Waals surface area contributed by atoms with Gasteiger partial charge in [0.1, 0.15) is 0 Å². The molecule has 0 spiro atoms. The minimum atomic E-state index is 0. The first kappa shape index (κ1) is 15.8. The second-order valence-corrected chi connectivity index (χ2v) is 0.856. The summed E-state index contributed by atoms with van der Waals surface area (Å²) in [5, 5.41) is 3.97. The molecular weight excluding hydrogens is 151 g/mol. The van der Waals surface area contributed by atoms with Gasteiger partial charge in [0.15, 0.2) is 0 Å². The topological polar surface area (TPSA) is 14.1 Å². The Morgan fingerprint density at radius 1 is 1.12 bits per heavy atom. The van der Waals surface area contributed by atoms with Gasteiger partial charge in [0.25, 0.3) is 0 Å². The van der Waals surface area contributed by atoms with Gasteiger partial charge in [-0.05, 0) is 0 Å². The van der Waals surface area contributed by atoms with E-state index in [1.54, 1.807) is 6.92 Å². The maximum atomic E-state index is 3.97. The van der Waals surface area contributed by atoms with E-state index in [2.05, 4.69) is 12.2 Å². The van der Waals surface area contributed by atoms with E-state index in [1.807, 2.05) is 13.8 Å². The Balaban J connectivity index is -0.0000000750. The zero-order chi connectivity index (χ0) is 6.12. The van der Waals surface area contributed by atoms with E-state index in [4.69, 9.17) is 0 Å². The number of hydrogen-bond donors (Lipinski definition) is 0. The van der Waals surface area contributed by atoms with Crippen LogP contribution in [0.4, 0.5) is 0 Å². The molecule has 0 fully saturated rings. The maximum Gasteiger partial charge on any atom is 2.00 e. The van der Waals surface area contributed by atoms with Crippen molar-refractivity contribution in [1.82, 2.24) is 0 Å². The average molecular weight is 167 g/mol. The van der Waals surface area contributed by atoms with Crippen molar-refractivity contribution in [3.8, 4) is 0 Å². The van der Waals surface area contributed by atoms with E-state index < -0.39 is 0 Å². The first-order chi connectivity index (χ1) is 3.41. The van der Waals surface area contributed by atoms with Gasteiger partial charge in [-0.1, -0.05) is 13.8 Å². The molecule has 0 aromatic heterocycles. The second kappa shape index (κ2) is 25.6. The third-order valence-corrected chi connectivity index (χ3v) is 0.447. The van der Waals surface area contributed by atoms with Crippen molar-refractivity contribution in [3.05, 3.63) is 12.2 Å². The molecule has 2 heteroatoms. The van der Waals surface area contributed by atoms with Crippen LogP contribution in [-0.4, -0.2) is 13.1 Å². The van der Waals surface area contributed by atoms with Gasteiger partial charge in [-0.15, -0.1) is 0 Å². The van der Waals surface area contributed by atoms with Crippen LogP contribution in [0.15, 0.2) is 0 Å². The first-order valence-corrected chi connectivity index (χ1v) is 2.75. The minimum Gasteiger partial charge on any atom is -0.663 e. The summed E-state index contributed by atoms with van der Waals surface area (Å²) in [4.78, 5) is 0. The van der Waals surface area contributed by atoms with E-state index in [1.165, 1.54) is 0 Å². The molecule has 0 saturated heterocycles. The van der Waals surface area contributed by atoms with Crippen LogP contribution in [0.5, 0.6) is 0 Å². The van der Waals surface area contributed by atoms with Crippen LogP contribution >= 0.6 is 0 Å². The molecule has 0 radical (unpaired) electrons. The Morgan fingerprint density at radius 3 is 1.38 bits per heavy atom. The molecule has 0 aromatic rings. The fraction of sp³-hybridized carbons (Fsp3) is 0.833. The van der Waals surface area contributed by atoms with Crippen molar-refractivity contribution in [2.75, 3.05) is 13.1 Å². The van der Waals surface area contributed by atoms with E-state index in [-0.39, 0.29) is 19.5 Å². The molecule has 0 saturated carbocycles. The predicted molar refractivity (Wildman–Crippen MR) is 35.5 cm³/mol. The van der Waals surface area contributed by atoms with E-state index in [9.17, 15) is 0 Å². The SMILES string of the molecule is CC[N-]CC.[CH2-]C.[Zn+2]. The Hall–Kier alpha value is 0.583. The smallest absolute Gasteiger partial charge is 0.663 e. The Bertz CT molecular complexity index is 16.0. The number of rotatable bonds is 2. The van der Waals surface area contributed by atoms with Crippen LogP contribution in [0.2, 0.25) is 0 Å². The normalized spacial score (nSPS) is 6.00. The van der Waals surface area contributed by atoms with Crippen LogP contribution in [0.25, 0.3) is 5.32 Å². The maximum absolute atomic E-state index is 3.97. The molecule has 0 aliphatic carbocycles. The molecule has 8 heavy (non-hydrogen) atoms. The summed E-state index contributed by atoms with van der Waals surface area (Å²) < 4.78 is 0. The molecule has 0 aliphatic rings. The number of hydrogen-bond acceptors (Lipinski definition) is 0. The van der Waals surface area contributed by atoms with Gasteiger partial charge in [0.2, 0.25) is 0 Å². The summed E-state index contributed by atoms with van der Waals surface area (Å²) in [6.45, 7) is 11.0. The molecule has 0 amide bonds. The van der Waals surface area contributed by atoms with E-state index in [0.717, 1.165) is 13.1 Å². The molecule has 46 valence electrons. The molecule has 0 bridgehead atoms. The largest absolute Gasteiger partial charge is 2.00 e. The Morgan fingerprint density at radius 2 is 1.38 bits per heavy atom. The third-order valence-electron chi connectivity index (χ3n) is 0.447. The monoisotopic (exact) mass is 165 g/mol. The molecule has 0 N–H and O–H groups in total. The number of nitrogens with zero attached hydrogens (tertiary/aromatic N) is 1. The van der Waals surface area contributed by atoms with Crippen LogP contribution in [0.1, 0.15) is 20.8 Å². The van der Waals surface area contributed by atoms with Gasteiger partial charge >= 0.3 is 19.5 Å². The summed E-state index contributed by atoms with van der Waals surface area (Å²) in [5.74, 6) is 0. The van der Waals surface area contributed by atoms with Crippen molar-refractivity contribution in [2.45, 2.75) is 20.8 Å². The van der Waals surface area contributed by atoms with Gasteiger partial charge in [0, 0.05) is 0 Å². The van der Waals surface area contributed by atoms with E-state index in [0.29, 0.717) is 0 Å². The molecular formula is C6H15NZn. The summed E-state index contributed by atoms with van der Waals surface area (Å²) in [6, 6.07) is 0. The second-order valence-electron chi connectivity index (χ2n) is 0.856. The van der Waals surface area contributed by atoms with Gasteiger partial charge in [0.05, 0.1) is 0 Å². The molecule has 0 aliphatic heterocycles. The molecule has 1 nitrogen and oxygen atoms in total. The van der Waals surface area contributed by atoms with Gasteiger partial charge < -0.3 is 12.2 Å². The Labute approximate surface area is 66.0 Å². The van der Waals surface area contributed by atoms with Crippen LogP contribution in [0, 0.1) is 6.92 Å². The van der Waals surface area contributed by atoms with Crippen molar-refractivity contribution >= 4 is 0 Å². The van der Waals surface area contributed by atoms with Gasteiger partial charge in [-0.3, -0.25) is 0 Å². The third kappa shape index (κ3) is 30.8. The van der Waals surface area contributed by atoms with Crippen molar-refractivity contribution in [2.24, 2.45) is 0 Å². The zero-order valence-corrected chi connectivity index (χ0v) is 9.24. The first-order valence-electron chi connectivity index (χ1n) is 2.75. The molecule has 0 atom stereocenters.